The third kappa shape index (κ3) is 2.87. The number of hydrogen-bond donors (Lipinski definition) is 1. The lowest BCUT2D eigenvalue weighted by Crippen LogP contribution is -2.23. The number of aromatic nitrogens is 3. The molecule has 1 atom stereocenters. The fraction of sp³-hybridized carbons (Fsp3) is 0.400. The van der Waals surface area contributed by atoms with E-state index < -0.39 is 0 Å². The van der Waals surface area contributed by atoms with E-state index >= 15 is 0 Å². The number of rotatable bonds is 5. The summed E-state index contributed by atoms with van der Waals surface area (Å²) in [6.45, 7) is 3.95. The van der Waals surface area contributed by atoms with Gasteiger partial charge in [0.05, 0.1) is 6.04 Å². The minimum atomic E-state index is 0.340. The predicted molar refractivity (Wildman–Crippen MR) is 60.8 cm³/mol. The smallest absolute Gasteiger partial charge is 0.137 e. The summed E-state index contributed by atoms with van der Waals surface area (Å²) < 4.78 is 1.86. The molecule has 4 nitrogen and oxygen atoms in total. The van der Waals surface area contributed by atoms with Gasteiger partial charge in [0.15, 0.2) is 0 Å². The molecule has 0 aliphatic carbocycles. The van der Waals surface area contributed by atoms with Crippen molar-refractivity contribution in [3.05, 3.63) is 35.0 Å². The van der Waals surface area contributed by atoms with Gasteiger partial charge in [-0.3, -0.25) is 0 Å². The van der Waals surface area contributed by atoms with Crippen molar-refractivity contribution in [2.45, 2.75) is 19.5 Å². The van der Waals surface area contributed by atoms with Gasteiger partial charge in [-0.15, -0.1) is 11.3 Å². The maximum absolute atomic E-state index is 4.10. The van der Waals surface area contributed by atoms with Crippen LogP contribution in [-0.4, -0.2) is 21.3 Å². The van der Waals surface area contributed by atoms with Crippen LogP contribution in [0.2, 0.25) is 0 Å². The lowest BCUT2D eigenvalue weighted by molar-refractivity contribution is 0.453. The molecule has 2 aromatic heterocycles. The minimum Gasteiger partial charge on any atom is -0.310 e. The van der Waals surface area contributed by atoms with Crippen LogP contribution in [-0.2, 0) is 6.54 Å². The number of hydrogen-bond acceptors (Lipinski definition) is 4. The number of nitrogens with one attached hydrogen (secondary N) is 1. The first-order chi connectivity index (χ1) is 7.36. The highest BCUT2D eigenvalue weighted by atomic mass is 32.1. The van der Waals surface area contributed by atoms with Gasteiger partial charge < -0.3 is 5.32 Å². The van der Waals surface area contributed by atoms with Gasteiger partial charge in [0.1, 0.15) is 12.7 Å². The molecule has 2 heterocycles. The average Bonchev–Trinajstić information content (AvgIpc) is 2.90. The molecule has 2 rings (SSSR count). The standard InChI is InChI=1S/C10H14N4S/c1-9(14-8-12-7-13-14)5-11-6-10-3-2-4-15-10/h2-4,7-9,11H,5-6H2,1H3. The Morgan fingerprint density at radius 1 is 1.60 bits per heavy atom. The van der Waals surface area contributed by atoms with E-state index in [0.29, 0.717) is 6.04 Å². The highest BCUT2D eigenvalue weighted by Gasteiger charge is 2.03. The molecule has 15 heavy (non-hydrogen) atoms. The molecule has 0 spiro atoms. The Balaban J connectivity index is 1.74. The van der Waals surface area contributed by atoms with Gasteiger partial charge >= 0.3 is 0 Å². The van der Waals surface area contributed by atoms with Crippen LogP contribution in [0.25, 0.3) is 0 Å². The molecule has 0 aliphatic heterocycles. The molecule has 5 heteroatoms. The summed E-state index contributed by atoms with van der Waals surface area (Å²) in [6, 6.07) is 4.55. The molecule has 0 aromatic carbocycles. The largest absolute Gasteiger partial charge is 0.310 e. The molecule has 1 N–H and O–H groups in total. The quantitative estimate of drug-likeness (QED) is 0.837. The average molecular weight is 222 g/mol. The molecule has 0 radical (unpaired) electrons. The maximum Gasteiger partial charge on any atom is 0.137 e. The first kappa shape index (κ1) is 10.3. The molecule has 2 aromatic rings. The highest BCUT2D eigenvalue weighted by Crippen LogP contribution is 2.08. The van der Waals surface area contributed by atoms with E-state index in [1.54, 1.807) is 24.0 Å². The summed E-state index contributed by atoms with van der Waals surface area (Å²) in [5.74, 6) is 0. The fourth-order valence-electron chi connectivity index (χ4n) is 1.36. The molecule has 1 unspecified atom stereocenters. The summed E-state index contributed by atoms with van der Waals surface area (Å²) in [4.78, 5) is 5.29. The van der Waals surface area contributed by atoms with Crippen molar-refractivity contribution >= 4 is 11.3 Å². The van der Waals surface area contributed by atoms with E-state index in [-0.39, 0.29) is 0 Å². The van der Waals surface area contributed by atoms with Crippen LogP contribution in [0.15, 0.2) is 30.2 Å². The summed E-state index contributed by atoms with van der Waals surface area (Å²) >= 11 is 1.77. The molecule has 0 amide bonds. The molecule has 0 fully saturated rings. The molecule has 0 saturated carbocycles. The van der Waals surface area contributed by atoms with E-state index in [2.05, 4.69) is 39.8 Å². The summed E-state index contributed by atoms with van der Waals surface area (Å²) in [7, 11) is 0. The first-order valence-electron chi connectivity index (χ1n) is 4.93. The van der Waals surface area contributed by atoms with E-state index in [1.807, 2.05) is 4.68 Å². The van der Waals surface area contributed by atoms with Crippen molar-refractivity contribution < 1.29 is 0 Å². The Morgan fingerprint density at radius 2 is 2.53 bits per heavy atom. The second-order valence-electron chi connectivity index (χ2n) is 3.43. The van der Waals surface area contributed by atoms with Crippen LogP contribution in [0.3, 0.4) is 0 Å². The molecule has 80 valence electrons. The first-order valence-corrected chi connectivity index (χ1v) is 5.81. The second kappa shape index (κ2) is 5.04. The highest BCUT2D eigenvalue weighted by molar-refractivity contribution is 7.09. The zero-order valence-corrected chi connectivity index (χ0v) is 9.44. The van der Waals surface area contributed by atoms with Crippen LogP contribution in [0.1, 0.15) is 17.8 Å². The zero-order chi connectivity index (χ0) is 10.5. The molecular formula is C10H14N4S. The Kier molecular flexibility index (Phi) is 3.47. The van der Waals surface area contributed by atoms with E-state index in [4.69, 9.17) is 0 Å². The van der Waals surface area contributed by atoms with E-state index in [9.17, 15) is 0 Å². The van der Waals surface area contributed by atoms with Crippen LogP contribution in [0.5, 0.6) is 0 Å². The summed E-state index contributed by atoms with van der Waals surface area (Å²) in [5.41, 5.74) is 0. The number of thiophene rings is 1. The number of nitrogens with zero attached hydrogens (tertiary/aromatic N) is 3. The molecule has 0 aliphatic rings. The van der Waals surface area contributed by atoms with Crippen LogP contribution < -0.4 is 5.32 Å². The van der Waals surface area contributed by atoms with Gasteiger partial charge in [-0.05, 0) is 18.4 Å². The van der Waals surface area contributed by atoms with Crippen molar-refractivity contribution in [3.8, 4) is 0 Å². The van der Waals surface area contributed by atoms with Gasteiger partial charge in [-0.1, -0.05) is 6.07 Å². The topological polar surface area (TPSA) is 42.7 Å². The van der Waals surface area contributed by atoms with Crippen LogP contribution in [0.4, 0.5) is 0 Å². The van der Waals surface area contributed by atoms with E-state index in [1.165, 1.54) is 4.88 Å². The van der Waals surface area contributed by atoms with Crippen molar-refractivity contribution in [2.24, 2.45) is 0 Å². The monoisotopic (exact) mass is 222 g/mol. The van der Waals surface area contributed by atoms with Crippen molar-refractivity contribution in [1.82, 2.24) is 20.1 Å². The van der Waals surface area contributed by atoms with Gasteiger partial charge in [0.2, 0.25) is 0 Å². The summed E-state index contributed by atoms with van der Waals surface area (Å²) in [5, 5.41) is 9.59. The van der Waals surface area contributed by atoms with Crippen LogP contribution >= 0.6 is 11.3 Å². The zero-order valence-electron chi connectivity index (χ0n) is 8.63. The third-order valence-corrected chi connectivity index (χ3v) is 3.08. The molecule has 0 bridgehead atoms. The fourth-order valence-corrected chi connectivity index (χ4v) is 2.03. The molecule has 0 saturated heterocycles. The van der Waals surface area contributed by atoms with Gasteiger partial charge in [-0.25, -0.2) is 9.67 Å². The van der Waals surface area contributed by atoms with Crippen LogP contribution in [0, 0.1) is 0 Å². The van der Waals surface area contributed by atoms with Crippen molar-refractivity contribution in [2.75, 3.05) is 6.54 Å². The minimum absolute atomic E-state index is 0.340. The summed E-state index contributed by atoms with van der Waals surface area (Å²) in [6.07, 6.45) is 3.31. The van der Waals surface area contributed by atoms with Gasteiger partial charge in [-0.2, -0.15) is 5.10 Å². The Labute approximate surface area is 93.0 Å². The maximum atomic E-state index is 4.10. The van der Waals surface area contributed by atoms with Gasteiger partial charge in [0.25, 0.3) is 0 Å². The second-order valence-corrected chi connectivity index (χ2v) is 4.47. The lowest BCUT2D eigenvalue weighted by atomic mass is 10.3. The van der Waals surface area contributed by atoms with E-state index in [0.717, 1.165) is 13.1 Å². The SMILES string of the molecule is CC(CNCc1cccs1)n1cncn1. The Hall–Kier alpha value is -1.20. The lowest BCUT2D eigenvalue weighted by Gasteiger charge is -2.11. The normalized spacial score (nSPS) is 12.9. The Morgan fingerprint density at radius 3 is 3.20 bits per heavy atom. The third-order valence-electron chi connectivity index (χ3n) is 2.21. The predicted octanol–water partition coefficient (Wildman–Crippen LogP) is 1.69. The molecular weight excluding hydrogens is 208 g/mol. The Bertz CT molecular complexity index is 368. The van der Waals surface area contributed by atoms with Crippen molar-refractivity contribution in [3.63, 3.8) is 0 Å². The van der Waals surface area contributed by atoms with Gasteiger partial charge in [0, 0.05) is 18.0 Å². The van der Waals surface area contributed by atoms with Crippen molar-refractivity contribution in [1.29, 1.82) is 0 Å².